The minimum atomic E-state index is -0.512. The van der Waals surface area contributed by atoms with Crippen LogP contribution in [0.5, 0.6) is 0 Å². The van der Waals surface area contributed by atoms with Crippen molar-refractivity contribution in [2.45, 2.75) is 6.92 Å². The molecule has 0 N–H and O–H groups in total. The predicted octanol–water partition coefficient (Wildman–Crippen LogP) is 1.94. The van der Waals surface area contributed by atoms with Gasteiger partial charge in [-0.15, -0.1) is 0 Å². The summed E-state index contributed by atoms with van der Waals surface area (Å²) in [5, 5.41) is 11.2. The topological polar surface area (TPSA) is 66.7 Å². The van der Waals surface area contributed by atoms with Crippen molar-refractivity contribution in [3.05, 3.63) is 38.4 Å². The summed E-state index contributed by atoms with van der Waals surface area (Å²) in [4.78, 5) is 26.8. The predicted molar refractivity (Wildman–Crippen MR) is 76.2 cm³/mol. The summed E-state index contributed by atoms with van der Waals surface area (Å²) < 4.78 is 0. The van der Waals surface area contributed by atoms with Crippen LogP contribution in [0.2, 0.25) is 5.02 Å². The Hall–Kier alpha value is -1.66. The Balaban J connectivity index is 2.32. The van der Waals surface area contributed by atoms with E-state index in [2.05, 4.69) is 4.90 Å². The van der Waals surface area contributed by atoms with Gasteiger partial charge >= 0.3 is 0 Å². The first-order chi connectivity index (χ1) is 9.40. The van der Waals surface area contributed by atoms with Crippen LogP contribution in [0.1, 0.15) is 15.9 Å². The normalized spacial score (nSPS) is 16.2. The molecule has 1 fully saturated rings. The second kappa shape index (κ2) is 5.76. The number of piperazine rings is 1. The second-order valence-corrected chi connectivity index (χ2v) is 5.39. The van der Waals surface area contributed by atoms with Gasteiger partial charge in [0.25, 0.3) is 11.6 Å². The third-order valence-electron chi connectivity index (χ3n) is 3.56. The molecule has 1 saturated heterocycles. The van der Waals surface area contributed by atoms with E-state index in [4.69, 9.17) is 11.6 Å². The fourth-order valence-corrected chi connectivity index (χ4v) is 2.47. The minimum absolute atomic E-state index is 0.116. The van der Waals surface area contributed by atoms with Crippen molar-refractivity contribution >= 4 is 23.2 Å². The van der Waals surface area contributed by atoms with Gasteiger partial charge in [-0.3, -0.25) is 14.9 Å². The summed E-state index contributed by atoms with van der Waals surface area (Å²) in [6.45, 7) is 4.42. The SMILES string of the molecule is Cc1c(C(=O)N2CCN(C)CC2)cc(Cl)cc1[N+](=O)[O-]. The summed E-state index contributed by atoms with van der Waals surface area (Å²) >= 11 is 5.89. The third kappa shape index (κ3) is 2.91. The highest BCUT2D eigenvalue weighted by atomic mass is 35.5. The van der Waals surface area contributed by atoms with E-state index in [1.807, 2.05) is 7.05 Å². The monoisotopic (exact) mass is 297 g/mol. The fraction of sp³-hybridized carbons (Fsp3) is 0.462. The molecular formula is C13H16ClN3O3. The lowest BCUT2D eigenvalue weighted by Gasteiger charge is -2.32. The van der Waals surface area contributed by atoms with Gasteiger partial charge in [-0.05, 0) is 20.0 Å². The van der Waals surface area contributed by atoms with Crippen LogP contribution in [0.3, 0.4) is 0 Å². The van der Waals surface area contributed by atoms with Crippen LogP contribution >= 0.6 is 11.6 Å². The highest BCUT2D eigenvalue weighted by Gasteiger charge is 2.25. The van der Waals surface area contributed by atoms with E-state index < -0.39 is 4.92 Å². The van der Waals surface area contributed by atoms with Crippen molar-refractivity contribution in [1.82, 2.24) is 9.80 Å². The lowest BCUT2D eigenvalue weighted by molar-refractivity contribution is -0.385. The van der Waals surface area contributed by atoms with Gasteiger partial charge < -0.3 is 9.80 Å². The molecule has 0 saturated carbocycles. The summed E-state index contributed by atoms with van der Waals surface area (Å²) in [5.74, 6) is -0.193. The first kappa shape index (κ1) is 14.7. The first-order valence-corrected chi connectivity index (χ1v) is 6.70. The molecule has 1 amide bonds. The number of nitro groups is 1. The first-order valence-electron chi connectivity index (χ1n) is 6.32. The van der Waals surface area contributed by atoms with Gasteiger partial charge in [-0.2, -0.15) is 0 Å². The van der Waals surface area contributed by atoms with Gasteiger partial charge in [0.2, 0.25) is 0 Å². The molecule has 0 aliphatic carbocycles. The lowest BCUT2D eigenvalue weighted by atomic mass is 10.1. The van der Waals surface area contributed by atoms with Gasteiger partial charge in [-0.25, -0.2) is 0 Å². The Morgan fingerprint density at radius 2 is 1.90 bits per heavy atom. The zero-order valence-corrected chi connectivity index (χ0v) is 12.2. The number of nitro benzene ring substituents is 1. The number of carbonyl (C=O) groups is 1. The van der Waals surface area contributed by atoms with E-state index >= 15 is 0 Å². The van der Waals surface area contributed by atoms with E-state index in [9.17, 15) is 14.9 Å². The average molecular weight is 298 g/mol. The van der Waals surface area contributed by atoms with Crippen LogP contribution in [0.25, 0.3) is 0 Å². The van der Waals surface area contributed by atoms with Crippen molar-refractivity contribution in [1.29, 1.82) is 0 Å². The van der Waals surface area contributed by atoms with E-state index in [0.29, 0.717) is 24.2 Å². The van der Waals surface area contributed by atoms with Crippen molar-refractivity contribution in [2.24, 2.45) is 0 Å². The number of benzene rings is 1. The lowest BCUT2D eigenvalue weighted by Crippen LogP contribution is -2.47. The molecule has 0 unspecified atom stereocenters. The molecule has 20 heavy (non-hydrogen) atoms. The number of hydrogen-bond acceptors (Lipinski definition) is 4. The highest BCUT2D eigenvalue weighted by Crippen LogP contribution is 2.27. The van der Waals surface area contributed by atoms with Crippen molar-refractivity contribution < 1.29 is 9.72 Å². The largest absolute Gasteiger partial charge is 0.336 e. The maximum atomic E-state index is 12.5. The Labute approximate surface area is 122 Å². The maximum Gasteiger partial charge on any atom is 0.274 e. The van der Waals surface area contributed by atoms with Gasteiger partial charge in [0.15, 0.2) is 0 Å². The molecule has 6 nitrogen and oxygen atoms in total. The van der Waals surface area contributed by atoms with E-state index in [-0.39, 0.29) is 16.6 Å². The number of carbonyl (C=O) groups excluding carboxylic acids is 1. The minimum Gasteiger partial charge on any atom is -0.336 e. The molecule has 0 spiro atoms. The Bertz CT molecular complexity index is 554. The van der Waals surface area contributed by atoms with E-state index in [0.717, 1.165) is 13.1 Å². The molecule has 1 heterocycles. The molecule has 1 aromatic carbocycles. The van der Waals surface area contributed by atoms with E-state index in [1.165, 1.54) is 12.1 Å². The highest BCUT2D eigenvalue weighted by molar-refractivity contribution is 6.31. The van der Waals surface area contributed by atoms with Crippen molar-refractivity contribution in [3.63, 3.8) is 0 Å². The molecule has 0 atom stereocenters. The molecule has 0 aromatic heterocycles. The van der Waals surface area contributed by atoms with Crippen LogP contribution in [0.4, 0.5) is 5.69 Å². The molecular weight excluding hydrogens is 282 g/mol. The number of rotatable bonds is 2. The summed E-state index contributed by atoms with van der Waals surface area (Å²) in [5.41, 5.74) is 0.562. The second-order valence-electron chi connectivity index (χ2n) is 4.95. The average Bonchev–Trinajstić information content (AvgIpc) is 2.41. The summed E-state index contributed by atoms with van der Waals surface area (Å²) in [6.07, 6.45) is 0. The summed E-state index contributed by atoms with van der Waals surface area (Å²) in [7, 11) is 2.00. The van der Waals surface area contributed by atoms with Crippen molar-refractivity contribution in [3.8, 4) is 0 Å². The standard InChI is InChI=1S/C13H16ClN3O3/c1-9-11(7-10(14)8-12(9)17(19)20)13(18)16-5-3-15(2)4-6-16/h7-8H,3-6H2,1-2H3. The summed E-state index contributed by atoms with van der Waals surface area (Å²) in [6, 6.07) is 2.78. The van der Waals surface area contributed by atoms with E-state index in [1.54, 1.807) is 11.8 Å². The van der Waals surface area contributed by atoms with Crippen molar-refractivity contribution in [2.75, 3.05) is 33.2 Å². The Kier molecular flexibility index (Phi) is 4.25. The zero-order chi connectivity index (χ0) is 14.9. The van der Waals surface area contributed by atoms with Gasteiger partial charge in [0.1, 0.15) is 0 Å². The van der Waals surface area contributed by atoms with Gasteiger partial charge in [-0.1, -0.05) is 11.6 Å². The number of hydrogen-bond donors (Lipinski definition) is 0. The fourth-order valence-electron chi connectivity index (χ4n) is 2.26. The number of nitrogens with zero attached hydrogens (tertiary/aromatic N) is 3. The van der Waals surface area contributed by atoms with Gasteiger partial charge in [0.05, 0.1) is 10.5 Å². The molecule has 2 rings (SSSR count). The molecule has 1 aliphatic rings. The van der Waals surface area contributed by atoms with Crippen LogP contribution in [0.15, 0.2) is 12.1 Å². The Morgan fingerprint density at radius 1 is 1.30 bits per heavy atom. The number of halogens is 1. The maximum absolute atomic E-state index is 12.5. The van der Waals surface area contributed by atoms with Crippen LogP contribution in [-0.4, -0.2) is 53.9 Å². The molecule has 1 aromatic rings. The Morgan fingerprint density at radius 3 is 2.45 bits per heavy atom. The van der Waals surface area contributed by atoms with Crippen LogP contribution in [-0.2, 0) is 0 Å². The third-order valence-corrected chi connectivity index (χ3v) is 3.78. The number of amides is 1. The molecule has 0 radical (unpaired) electrons. The molecule has 0 bridgehead atoms. The smallest absolute Gasteiger partial charge is 0.274 e. The molecule has 108 valence electrons. The quantitative estimate of drug-likeness (QED) is 0.618. The van der Waals surface area contributed by atoms with Gasteiger partial charge in [0, 0.05) is 42.8 Å². The molecule has 1 aliphatic heterocycles. The van der Waals surface area contributed by atoms with Crippen LogP contribution in [0, 0.1) is 17.0 Å². The van der Waals surface area contributed by atoms with Crippen LogP contribution < -0.4 is 0 Å². The molecule has 7 heteroatoms. The zero-order valence-electron chi connectivity index (χ0n) is 11.4. The number of likely N-dealkylation sites (N-methyl/N-ethyl adjacent to an activating group) is 1.